The number of aliphatic carboxylic acids is 1. The number of piperidine rings is 1. The van der Waals surface area contributed by atoms with E-state index in [1.165, 1.54) is 18.7 Å². The molecule has 1 aliphatic rings. The van der Waals surface area contributed by atoms with Crippen molar-refractivity contribution in [1.29, 1.82) is 0 Å². The van der Waals surface area contributed by atoms with Gasteiger partial charge < -0.3 is 15.3 Å². The smallest absolute Gasteiger partial charge is 0.327 e. The molecule has 1 saturated heterocycles. The predicted molar refractivity (Wildman–Crippen MR) is 77.5 cm³/mol. The number of likely N-dealkylation sites (tertiary alicyclic amines) is 1. The minimum absolute atomic E-state index is 0.0499. The van der Waals surface area contributed by atoms with E-state index < -0.39 is 12.0 Å². The highest BCUT2D eigenvalue weighted by Gasteiger charge is 2.22. The van der Waals surface area contributed by atoms with Crippen molar-refractivity contribution < 1.29 is 19.5 Å². The number of amides is 2. The van der Waals surface area contributed by atoms with E-state index in [0.717, 1.165) is 25.9 Å². The van der Waals surface area contributed by atoms with Crippen molar-refractivity contribution in [3.63, 3.8) is 0 Å². The lowest BCUT2D eigenvalue weighted by atomic mass is 9.99. The number of carbonyl (C=O) groups is 3. The molecule has 1 unspecified atom stereocenters. The van der Waals surface area contributed by atoms with Gasteiger partial charge in [-0.25, -0.2) is 4.79 Å². The monoisotopic (exact) mass is 302 g/mol. The molecule has 0 bridgehead atoms. The van der Waals surface area contributed by atoms with Crippen LogP contribution in [0.4, 0.5) is 0 Å². The molecule has 0 aromatic rings. The summed E-state index contributed by atoms with van der Waals surface area (Å²) in [5, 5.41) is 11.3. The molecular weight excluding hydrogens is 280 g/mol. The van der Waals surface area contributed by atoms with Gasteiger partial charge in [0.2, 0.25) is 11.8 Å². The molecule has 1 atom stereocenters. The first-order valence-corrected chi connectivity index (χ1v) is 7.91. The average molecular weight is 302 g/mol. The molecule has 0 spiro atoms. The molecule has 6 nitrogen and oxygen atoms in total. The van der Waals surface area contributed by atoms with Gasteiger partial charge in [0.05, 0.1) is 5.75 Å². The molecule has 1 fully saturated rings. The molecule has 0 aromatic carbocycles. The van der Waals surface area contributed by atoms with E-state index in [4.69, 9.17) is 5.11 Å². The van der Waals surface area contributed by atoms with Crippen molar-refractivity contribution in [3.05, 3.63) is 0 Å². The van der Waals surface area contributed by atoms with Gasteiger partial charge in [0.15, 0.2) is 0 Å². The second-order valence-corrected chi connectivity index (χ2v) is 6.20. The third-order valence-corrected chi connectivity index (χ3v) is 4.34. The fraction of sp³-hybridized carbons (Fsp3) is 0.769. The van der Waals surface area contributed by atoms with Crippen LogP contribution >= 0.6 is 11.8 Å². The van der Waals surface area contributed by atoms with E-state index in [-0.39, 0.29) is 23.3 Å². The molecule has 2 N–H and O–H groups in total. The number of hydrogen-bond acceptors (Lipinski definition) is 4. The van der Waals surface area contributed by atoms with Crippen molar-refractivity contribution in [3.8, 4) is 0 Å². The van der Waals surface area contributed by atoms with Crippen molar-refractivity contribution in [2.75, 3.05) is 24.6 Å². The normalized spacial score (nSPS) is 17.6. The summed E-state index contributed by atoms with van der Waals surface area (Å²) in [6.07, 6.45) is 2.06. The zero-order valence-electron chi connectivity index (χ0n) is 11.9. The Kier molecular flexibility index (Phi) is 6.84. The zero-order chi connectivity index (χ0) is 15.1. The Morgan fingerprint density at radius 2 is 1.95 bits per heavy atom. The van der Waals surface area contributed by atoms with Gasteiger partial charge in [-0.05, 0) is 18.8 Å². The topological polar surface area (TPSA) is 86.7 Å². The van der Waals surface area contributed by atoms with E-state index >= 15 is 0 Å². The van der Waals surface area contributed by atoms with Gasteiger partial charge in [-0.1, -0.05) is 6.92 Å². The lowest BCUT2D eigenvalue weighted by molar-refractivity contribution is -0.140. The summed E-state index contributed by atoms with van der Waals surface area (Å²) < 4.78 is 0. The van der Waals surface area contributed by atoms with Crippen LogP contribution < -0.4 is 5.32 Å². The van der Waals surface area contributed by atoms with Gasteiger partial charge >= 0.3 is 5.97 Å². The summed E-state index contributed by atoms with van der Waals surface area (Å²) in [6, 6.07) is -0.938. The van der Waals surface area contributed by atoms with E-state index in [9.17, 15) is 14.4 Å². The number of carbonyl (C=O) groups excluding carboxylic acids is 2. The summed E-state index contributed by atoms with van der Waals surface area (Å²) in [4.78, 5) is 35.6. The quantitative estimate of drug-likeness (QED) is 0.749. The van der Waals surface area contributed by atoms with Crippen LogP contribution in [0.1, 0.15) is 26.7 Å². The van der Waals surface area contributed by atoms with Gasteiger partial charge in [-0.2, -0.15) is 0 Å². The molecule has 0 aromatic heterocycles. The number of nitrogens with one attached hydrogen (secondary N) is 1. The highest BCUT2D eigenvalue weighted by atomic mass is 32.2. The van der Waals surface area contributed by atoms with Crippen molar-refractivity contribution in [2.24, 2.45) is 5.92 Å². The Hall–Kier alpha value is -1.24. The number of nitrogens with zero attached hydrogens (tertiary/aromatic N) is 1. The molecule has 114 valence electrons. The van der Waals surface area contributed by atoms with Crippen molar-refractivity contribution in [1.82, 2.24) is 10.2 Å². The molecule has 0 aliphatic carbocycles. The Balaban J connectivity index is 2.29. The standard InChI is InChI=1S/C13H22N2O4S/c1-9-3-5-15(6-4-9)12(17)8-20-7-11(13(18)19)14-10(2)16/h9,11H,3-8H2,1-2H3,(H,14,16)(H,18,19). The second-order valence-electron chi connectivity index (χ2n) is 5.17. The number of thioether (sulfide) groups is 1. The molecule has 2 amide bonds. The van der Waals surface area contributed by atoms with Crippen LogP contribution in [-0.4, -0.2) is 58.4 Å². The highest BCUT2D eigenvalue weighted by molar-refractivity contribution is 8.00. The van der Waals surface area contributed by atoms with E-state index in [1.54, 1.807) is 0 Å². The molecule has 1 rings (SSSR count). The van der Waals surface area contributed by atoms with Gasteiger partial charge in [-0.3, -0.25) is 9.59 Å². The van der Waals surface area contributed by atoms with Crippen LogP contribution in [0.25, 0.3) is 0 Å². The largest absolute Gasteiger partial charge is 0.480 e. The number of carboxylic acids is 1. The summed E-state index contributed by atoms with van der Waals surface area (Å²) >= 11 is 1.25. The van der Waals surface area contributed by atoms with Crippen LogP contribution in [0.15, 0.2) is 0 Å². The maximum atomic E-state index is 11.9. The number of rotatable bonds is 6. The van der Waals surface area contributed by atoms with E-state index in [1.807, 2.05) is 4.90 Å². The molecule has 1 heterocycles. The second kappa shape index (κ2) is 8.14. The first-order chi connectivity index (χ1) is 9.40. The molecule has 1 aliphatic heterocycles. The molecule has 7 heteroatoms. The van der Waals surface area contributed by atoms with Crippen molar-refractivity contribution >= 4 is 29.5 Å². The third-order valence-electron chi connectivity index (χ3n) is 3.32. The van der Waals surface area contributed by atoms with Gasteiger partial charge in [-0.15, -0.1) is 11.8 Å². The number of hydrogen-bond donors (Lipinski definition) is 2. The fourth-order valence-corrected chi connectivity index (χ4v) is 2.97. The summed E-state index contributed by atoms with van der Waals surface area (Å²) in [5.41, 5.74) is 0. The van der Waals surface area contributed by atoms with Gasteiger partial charge in [0, 0.05) is 25.8 Å². The first-order valence-electron chi connectivity index (χ1n) is 6.75. The van der Waals surface area contributed by atoms with Crippen LogP contribution in [0.2, 0.25) is 0 Å². The third kappa shape index (κ3) is 5.81. The highest BCUT2D eigenvalue weighted by Crippen LogP contribution is 2.17. The minimum atomic E-state index is -1.08. The van der Waals surface area contributed by atoms with Crippen molar-refractivity contribution in [2.45, 2.75) is 32.7 Å². The fourth-order valence-electron chi connectivity index (χ4n) is 2.03. The SMILES string of the molecule is CC(=O)NC(CSCC(=O)N1CCC(C)CC1)C(=O)O. The van der Waals surface area contributed by atoms with E-state index in [0.29, 0.717) is 5.92 Å². The molecule has 0 radical (unpaired) electrons. The van der Waals surface area contributed by atoms with Crippen LogP contribution in [-0.2, 0) is 14.4 Å². The Labute approximate surface area is 123 Å². The van der Waals surface area contributed by atoms with Gasteiger partial charge in [0.25, 0.3) is 0 Å². The lowest BCUT2D eigenvalue weighted by Crippen LogP contribution is -2.42. The Morgan fingerprint density at radius 3 is 2.45 bits per heavy atom. The predicted octanol–water partition coefficient (Wildman–Crippen LogP) is 0.567. The van der Waals surface area contributed by atoms with Crippen LogP contribution in [0.3, 0.4) is 0 Å². The van der Waals surface area contributed by atoms with E-state index in [2.05, 4.69) is 12.2 Å². The minimum Gasteiger partial charge on any atom is -0.480 e. The Morgan fingerprint density at radius 1 is 1.35 bits per heavy atom. The Bertz CT molecular complexity index is 367. The van der Waals surface area contributed by atoms with Gasteiger partial charge in [0.1, 0.15) is 6.04 Å². The zero-order valence-corrected chi connectivity index (χ0v) is 12.7. The first kappa shape index (κ1) is 16.8. The summed E-state index contributed by atoms with van der Waals surface area (Å²) in [5.74, 6) is -0.277. The molecular formula is C13H22N2O4S. The van der Waals surface area contributed by atoms with Crippen LogP contribution in [0.5, 0.6) is 0 Å². The average Bonchev–Trinajstić information content (AvgIpc) is 2.37. The summed E-state index contributed by atoms with van der Waals surface area (Å²) in [7, 11) is 0. The molecule has 0 saturated carbocycles. The number of carboxylic acid groups (broad SMARTS) is 1. The lowest BCUT2D eigenvalue weighted by Gasteiger charge is -2.30. The molecule has 20 heavy (non-hydrogen) atoms. The maximum Gasteiger partial charge on any atom is 0.327 e. The summed E-state index contributed by atoms with van der Waals surface area (Å²) in [6.45, 7) is 5.03. The maximum absolute atomic E-state index is 11.9. The van der Waals surface area contributed by atoms with Crippen LogP contribution in [0, 0.1) is 5.92 Å².